The molecule has 0 aliphatic rings. The zero-order valence-corrected chi connectivity index (χ0v) is 14.5. The molecule has 0 bridgehead atoms. The normalized spacial score (nSPS) is 11.3. The summed E-state index contributed by atoms with van der Waals surface area (Å²) in [4.78, 5) is 4.30. The largest absolute Gasteiger partial charge is 0.370 e. The molecule has 0 radical (unpaired) electrons. The van der Waals surface area contributed by atoms with E-state index in [0.29, 0.717) is 11.9 Å². The maximum atomic E-state index is 5.79. The van der Waals surface area contributed by atoms with Crippen molar-refractivity contribution in [3.8, 4) is 0 Å². The number of aryl methyl sites for hydroxylation is 1. The summed E-state index contributed by atoms with van der Waals surface area (Å²) >= 11 is 0. The number of nitrogens with one attached hydrogen (secondary N) is 1. The van der Waals surface area contributed by atoms with Crippen LogP contribution in [0.5, 0.6) is 0 Å². The predicted molar refractivity (Wildman–Crippen MR) is 94.2 cm³/mol. The smallest absolute Gasteiger partial charge is 0.188 e. The minimum atomic E-state index is 0. The number of nitrogens with zero attached hydrogens (tertiary/aromatic N) is 1. The van der Waals surface area contributed by atoms with Crippen molar-refractivity contribution in [3.05, 3.63) is 35.4 Å². The van der Waals surface area contributed by atoms with Crippen LogP contribution in [-0.4, -0.2) is 19.0 Å². The molecule has 4 heteroatoms. The van der Waals surface area contributed by atoms with E-state index in [2.05, 4.69) is 55.3 Å². The Balaban J connectivity index is 0.00000324. The summed E-state index contributed by atoms with van der Waals surface area (Å²) in [5.41, 5.74) is 8.42. The summed E-state index contributed by atoms with van der Waals surface area (Å²) in [5, 5.41) is 3.15. The van der Waals surface area contributed by atoms with E-state index >= 15 is 0 Å². The summed E-state index contributed by atoms with van der Waals surface area (Å²) < 4.78 is 0. The van der Waals surface area contributed by atoms with E-state index in [1.54, 1.807) is 0 Å². The van der Waals surface area contributed by atoms with Crippen LogP contribution in [0, 0.1) is 12.8 Å². The third-order valence-electron chi connectivity index (χ3n) is 2.79. The molecule has 0 saturated heterocycles. The molecule has 3 nitrogen and oxygen atoms in total. The third kappa shape index (κ3) is 8.86. The first kappa shape index (κ1) is 18.2. The van der Waals surface area contributed by atoms with Gasteiger partial charge in [0.05, 0.1) is 0 Å². The Labute approximate surface area is 134 Å². The highest BCUT2D eigenvalue weighted by molar-refractivity contribution is 14.0. The van der Waals surface area contributed by atoms with Crippen LogP contribution in [-0.2, 0) is 6.42 Å². The van der Waals surface area contributed by atoms with Gasteiger partial charge in [0.15, 0.2) is 5.96 Å². The van der Waals surface area contributed by atoms with Crippen LogP contribution >= 0.6 is 24.0 Å². The Kier molecular flexibility index (Phi) is 9.65. The lowest BCUT2D eigenvalue weighted by atomic mass is 10.1. The van der Waals surface area contributed by atoms with Crippen molar-refractivity contribution in [2.45, 2.75) is 33.6 Å². The van der Waals surface area contributed by atoms with Gasteiger partial charge in [-0.1, -0.05) is 43.7 Å². The van der Waals surface area contributed by atoms with Gasteiger partial charge in [0, 0.05) is 13.1 Å². The molecule has 0 heterocycles. The van der Waals surface area contributed by atoms with Crippen molar-refractivity contribution in [1.82, 2.24) is 5.32 Å². The molecule has 0 aliphatic carbocycles. The summed E-state index contributed by atoms with van der Waals surface area (Å²) in [6, 6.07) is 8.54. The Morgan fingerprint density at radius 3 is 2.74 bits per heavy atom. The molecule has 0 unspecified atom stereocenters. The van der Waals surface area contributed by atoms with Crippen LogP contribution in [0.15, 0.2) is 29.3 Å². The second-order valence-electron chi connectivity index (χ2n) is 5.12. The van der Waals surface area contributed by atoms with Gasteiger partial charge in [0.2, 0.25) is 0 Å². The highest BCUT2D eigenvalue weighted by Gasteiger charge is 1.96. The van der Waals surface area contributed by atoms with E-state index in [1.165, 1.54) is 11.1 Å². The van der Waals surface area contributed by atoms with E-state index in [-0.39, 0.29) is 24.0 Å². The second-order valence-corrected chi connectivity index (χ2v) is 5.12. The van der Waals surface area contributed by atoms with Crippen molar-refractivity contribution in [3.63, 3.8) is 0 Å². The van der Waals surface area contributed by atoms with Crippen LogP contribution < -0.4 is 11.1 Å². The SMILES string of the molecule is Cc1cccc(CCNC(N)=NCCC(C)C)c1.I. The highest BCUT2D eigenvalue weighted by atomic mass is 127. The second kappa shape index (κ2) is 10.1. The van der Waals surface area contributed by atoms with Gasteiger partial charge in [-0.2, -0.15) is 0 Å². The molecule has 0 aliphatic heterocycles. The molecule has 0 atom stereocenters. The van der Waals surface area contributed by atoms with Crippen LogP contribution in [0.3, 0.4) is 0 Å². The van der Waals surface area contributed by atoms with Crippen molar-refractivity contribution in [1.29, 1.82) is 0 Å². The minimum absolute atomic E-state index is 0. The Morgan fingerprint density at radius 2 is 2.11 bits per heavy atom. The van der Waals surface area contributed by atoms with Gasteiger partial charge < -0.3 is 11.1 Å². The number of hydrogen-bond donors (Lipinski definition) is 2. The van der Waals surface area contributed by atoms with Crippen molar-refractivity contribution < 1.29 is 0 Å². The molecule has 3 N–H and O–H groups in total. The molecule has 1 rings (SSSR count). The molecule has 0 fully saturated rings. The highest BCUT2D eigenvalue weighted by Crippen LogP contribution is 2.03. The van der Waals surface area contributed by atoms with Crippen molar-refractivity contribution in [2.75, 3.05) is 13.1 Å². The van der Waals surface area contributed by atoms with Crippen LogP contribution in [0.2, 0.25) is 0 Å². The first-order chi connectivity index (χ1) is 8.58. The number of hydrogen-bond acceptors (Lipinski definition) is 1. The molecule has 0 aromatic heterocycles. The van der Waals surface area contributed by atoms with E-state index in [1.807, 2.05) is 0 Å². The fourth-order valence-corrected chi connectivity index (χ4v) is 1.70. The van der Waals surface area contributed by atoms with Gasteiger partial charge in [-0.25, -0.2) is 0 Å². The number of guanidine groups is 1. The van der Waals surface area contributed by atoms with E-state index in [9.17, 15) is 0 Å². The summed E-state index contributed by atoms with van der Waals surface area (Å²) in [5.74, 6) is 1.23. The molecule has 19 heavy (non-hydrogen) atoms. The summed E-state index contributed by atoms with van der Waals surface area (Å²) in [7, 11) is 0. The van der Waals surface area contributed by atoms with Gasteiger partial charge in [0.1, 0.15) is 0 Å². The first-order valence-electron chi connectivity index (χ1n) is 6.67. The Morgan fingerprint density at radius 1 is 1.37 bits per heavy atom. The van der Waals surface area contributed by atoms with Crippen LogP contribution in [0.25, 0.3) is 0 Å². The lowest BCUT2D eigenvalue weighted by molar-refractivity contribution is 0.595. The lowest BCUT2D eigenvalue weighted by Crippen LogP contribution is -2.33. The molecule has 1 aromatic carbocycles. The summed E-state index contributed by atoms with van der Waals surface area (Å²) in [6.07, 6.45) is 2.06. The third-order valence-corrected chi connectivity index (χ3v) is 2.79. The number of nitrogens with two attached hydrogens (primary N) is 1. The standard InChI is InChI=1S/C15H25N3.HI/c1-12(2)7-9-17-15(16)18-10-8-14-6-4-5-13(3)11-14;/h4-6,11-12H,7-10H2,1-3H3,(H3,16,17,18);1H. The average molecular weight is 375 g/mol. The van der Waals surface area contributed by atoms with Crippen molar-refractivity contribution in [2.24, 2.45) is 16.6 Å². The minimum Gasteiger partial charge on any atom is -0.370 e. The van der Waals surface area contributed by atoms with Gasteiger partial charge in [0.25, 0.3) is 0 Å². The molecule has 0 spiro atoms. The van der Waals surface area contributed by atoms with Gasteiger partial charge in [-0.15, -0.1) is 24.0 Å². The molecular formula is C15H26IN3. The number of benzene rings is 1. The molecule has 0 amide bonds. The fourth-order valence-electron chi connectivity index (χ4n) is 1.70. The molecule has 108 valence electrons. The van der Waals surface area contributed by atoms with Crippen LogP contribution in [0.4, 0.5) is 0 Å². The molecular weight excluding hydrogens is 349 g/mol. The van der Waals surface area contributed by atoms with Crippen LogP contribution in [0.1, 0.15) is 31.4 Å². The molecule has 1 aromatic rings. The topological polar surface area (TPSA) is 50.4 Å². The zero-order valence-electron chi connectivity index (χ0n) is 12.1. The Hall–Kier alpha value is -0.780. The predicted octanol–water partition coefficient (Wildman–Crippen LogP) is 3.11. The van der Waals surface area contributed by atoms with Gasteiger partial charge >= 0.3 is 0 Å². The number of halogens is 1. The lowest BCUT2D eigenvalue weighted by Gasteiger charge is -2.07. The average Bonchev–Trinajstić information content (AvgIpc) is 2.28. The Bertz CT molecular complexity index is 389. The monoisotopic (exact) mass is 375 g/mol. The summed E-state index contributed by atoms with van der Waals surface area (Å²) in [6.45, 7) is 8.13. The zero-order chi connectivity index (χ0) is 13.4. The molecule has 0 saturated carbocycles. The van der Waals surface area contributed by atoms with Gasteiger partial charge in [-0.05, 0) is 31.2 Å². The first-order valence-corrected chi connectivity index (χ1v) is 6.67. The fraction of sp³-hybridized carbons (Fsp3) is 0.533. The van der Waals surface area contributed by atoms with E-state index in [0.717, 1.165) is 25.9 Å². The van der Waals surface area contributed by atoms with Gasteiger partial charge in [-0.3, -0.25) is 4.99 Å². The quantitative estimate of drug-likeness (QED) is 0.456. The maximum absolute atomic E-state index is 5.79. The number of rotatable bonds is 6. The maximum Gasteiger partial charge on any atom is 0.188 e. The number of aliphatic imine (C=N–C) groups is 1. The van der Waals surface area contributed by atoms with E-state index in [4.69, 9.17) is 5.73 Å². The van der Waals surface area contributed by atoms with E-state index < -0.39 is 0 Å². The van der Waals surface area contributed by atoms with Crippen molar-refractivity contribution >= 4 is 29.9 Å².